The number of imidazole rings is 1. The van der Waals surface area contributed by atoms with Crippen molar-refractivity contribution in [3.63, 3.8) is 0 Å². The highest BCUT2D eigenvalue weighted by atomic mass is 19.4. The van der Waals surface area contributed by atoms with E-state index in [1.807, 2.05) is 0 Å². The number of nitrogens with zero attached hydrogens (tertiary/aromatic N) is 2. The van der Waals surface area contributed by atoms with Crippen LogP contribution in [0.5, 0.6) is 5.75 Å². The van der Waals surface area contributed by atoms with Crippen LogP contribution < -0.4 is 4.74 Å². The number of hydrogen-bond acceptors (Lipinski definition) is 4. The first-order valence-corrected chi connectivity index (χ1v) is 9.35. The number of rotatable bonds is 8. The standard InChI is InChI=1S/C21H19F5N2O3/c1-12-19(17(30)8-13(10-29)9-21(24,25)26)28-7-3-6-18(20(28)27-12)31-11-14-15(22)4-2-5-16(14)23/h2-7,13,29H,8-11H2,1H3. The van der Waals surface area contributed by atoms with E-state index in [4.69, 9.17) is 4.74 Å². The van der Waals surface area contributed by atoms with Gasteiger partial charge in [-0.15, -0.1) is 0 Å². The molecule has 0 fully saturated rings. The second kappa shape index (κ2) is 9.01. The lowest BCUT2D eigenvalue weighted by Gasteiger charge is -2.15. The van der Waals surface area contributed by atoms with Gasteiger partial charge in [-0.05, 0) is 37.1 Å². The van der Waals surface area contributed by atoms with Gasteiger partial charge in [0.25, 0.3) is 0 Å². The van der Waals surface area contributed by atoms with E-state index in [9.17, 15) is 31.9 Å². The van der Waals surface area contributed by atoms with Crippen LogP contribution in [0.4, 0.5) is 22.0 Å². The molecule has 166 valence electrons. The molecule has 0 saturated heterocycles. The molecule has 2 aromatic heterocycles. The summed E-state index contributed by atoms with van der Waals surface area (Å²) in [4.78, 5) is 16.9. The predicted octanol–water partition coefficient (Wildman–Crippen LogP) is 4.63. The first-order chi connectivity index (χ1) is 14.6. The van der Waals surface area contributed by atoms with Gasteiger partial charge >= 0.3 is 6.18 Å². The third-order valence-electron chi connectivity index (χ3n) is 4.74. The predicted molar refractivity (Wildman–Crippen MR) is 101 cm³/mol. The number of aliphatic hydroxyl groups is 1. The van der Waals surface area contributed by atoms with Gasteiger partial charge in [-0.3, -0.25) is 9.20 Å². The number of aryl methyl sites for hydroxylation is 1. The third kappa shape index (κ3) is 5.19. The minimum absolute atomic E-state index is 0.0538. The lowest BCUT2D eigenvalue weighted by molar-refractivity contribution is -0.146. The molecule has 1 unspecified atom stereocenters. The summed E-state index contributed by atoms with van der Waals surface area (Å²) in [5.41, 5.74) is 0.207. The fourth-order valence-corrected chi connectivity index (χ4v) is 3.31. The number of hydrogen-bond donors (Lipinski definition) is 1. The fraction of sp³-hybridized carbons (Fsp3) is 0.333. The summed E-state index contributed by atoms with van der Waals surface area (Å²) in [5, 5.41) is 9.23. The number of carbonyl (C=O) groups excluding carboxylic acids is 1. The van der Waals surface area contributed by atoms with Crippen molar-refractivity contribution in [2.45, 2.75) is 32.5 Å². The Labute approximate surface area is 174 Å². The molecule has 0 amide bonds. The minimum Gasteiger partial charge on any atom is -0.485 e. The molecule has 1 aromatic carbocycles. The summed E-state index contributed by atoms with van der Waals surface area (Å²) in [6.07, 6.45) is -4.83. The molecule has 0 bridgehead atoms. The minimum atomic E-state index is -4.51. The lowest BCUT2D eigenvalue weighted by Crippen LogP contribution is -2.21. The second-order valence-electron chi connectivity index (χ2n) is 7.10. The molecular formula is C21H19F5N2O3. The summed E-state index contributed by atoms with van der Waals surface area (Å²) < 4.78 is 72.5. The summed E-state index contributed by atoms with van der Waals surface area (Å²) in [7, 11) is 0. The smallest absolute Gasteiger partial charge is 0.389 e. The van der Waals surface area contributed by atoms with E-state index in [0.29, 0.717) is 0 Å². The Hall–Kier alpha value is -3.01. The quantitative estimate of drug-likeness (QED) is 0.408. The van der Waals surface area contributed by atoms with Crippen molar-refractivity contribution in [1.29, 1.82) is 0 Å². The van der Waals surface area contributed by atoms with Crippen molar-refractivity contribution in [3.05, 3.63) is 65.1 Å². The number of aliphatic hydroxyl groups excluding tert-OH is 1. The maximum Gasteiger partial charge on any atom is 0.389 e. The average Bonchev–Trinajstić information content (AvgIpc) is 3.02. The third-order valence-corrected chi connectivity index (χ3v) is 4.74. The second-order valence-corrected chi connectivity index (χ2v) is 7.10. The van der Waals surface area contributed by atoms with E-state index < -0.39 is 55.6 Å². The molecule has 1 N–H and O–H groups in total. The molecule has 3 rings (SSSR count). The van der Waals surface area contributed by atoms with Crippen molar-refractivity contribution >= 4 is 11.4 Å². The summed E-state index contributed by atoms with van der Waals surface area (Å²) >= 11 is 0. The van der Waals surface area contributed by atoms with Gasteiger partial charge in [0.15, 0.2) is 17.2 Å². The Balaban J connectivity index is 1.87. The van der Waals surface area contributed by atoms with Gasteiger partial charge in [-0.2, -0.15) is 13.2 Å². The topological polar surface area (TPSA) is 63.8 Å². The van der Waals surface area contributed by atoms with E-state index in [-0.39, 0.29) is 28.3 Å². The first kappa shape index (κ1) is 22.7. The van der Waals surface area contributed by atoms with Crippen molar-refractivity contribution in [2.75, 3.05) is 6.61 Å². The molecule has 5 nitrogen and oxygen atoms in total. The number of alkyl halides is 3. The maximum absolute atomic E-state index is 13.8. The van der Waals surface area contributed by atoms with Crippen LogP contribution in [0.2, 0.25) is 0 Å². The largest absolute Gasteiger partial charge is 0.485 e. The number of benzene rings is 1. The van der Waals surface area contributed by atoms with Crippen molar-refractivity contribution in [2.24, 2.45) is 5.92 Å². The van der Waals surface area contributed by atoms with E-state index >= 15 is 0 Å². The molecule has 2 heterocycles. The van der Waals surface area contributed by atoms with Crippen LogP contribution in [0.1, 0.15) is 34.6 Å². The van der Waals surface area contributed by atoms with E-state index in [1.54, 1.807) is 0 Å². The molecule has 10 heteroatoms. The first-order valence-electron chi connectivity index (χ1n) is 9.35. The SMILES string of the molecule is Cc1nc2c(OCc3c(F)cccc3F)cccn2c1C(=O)CC(CO)CC(F)(F)F. The average molecular weight is 442 g/mol. The maximum atomic E-state index is 13.8. The van der Waals surface area contributed by atoms with Crippen LogP contribution >= 0.6 is 0 Å². The Bertz CT molecular complexity index is 1070. The molecule has 0 aliphatic rings. The molecule has 0 aliphatic carbocycles. The number of fused-ring (bicyclic) bond motifs is 1. The number of aromatic nitrogens is 2. The van der Waals surface area contributed by atoms with Gasteiger partial charge in [0.05, 0.1) is 11.3 Å². The van der Waals surface area contributed by atoms with E-state index in [0.717, 1.165) is 12.1 Å². The summed E-state index contributed by atoms with van der Waals surface area (Å²) in [5.74, 6) is -3.31. The molecule has 0 spiro atoms. The summed E-state index contributed by atoms with van der Waals surface area (Å²) in [6.45, 7) is 0.299. The number of halogens is 5. The Morgan fingerprint density at radius 3 is 2.48 bits per heavy atom. The van der Waals surface area contributed by atoms with Crippen molar-refractivity contribution in [1.82, 2.24) is 9.38 Å². The highest BCUT2D eigenvalue weighted by Gasteiger charge is 2.33. The molecule has 3 aromatic rings. The van der Waals surface area contributed by atoms with Gasteiger partial charge in [-0.1, -0.05) is 6.07 Å². The molecule has 0 radical (unpaired) electrons. The number of pyridine rings is 1. The Morgan fingerprint density at radius 2 is 1.87 bits per heavy atom. The van der Waals surface area contributed by atoms with Gasteiger partial charge in [-0.25, -0.2) is 13.8 Å². The Morgan fingerprint density at radius 1 is 1.19 bits per heavy atom. The highest BCUT2D eigenvalue weighted by Crippen LogP contribution is 2.29. The van der Waals surface area contributed by atoms with Gasteiger partial charge in [0.1, 0.15) is 23.9 Å². The molecule has 0 aliphatic heterocycles. The van der Waals surface area contributed by atoms with Crippen LogP contribution in [0.15, 0.2) is 36.5 Å². The van der Waals surface area contributed by atoms with Crippen molar-refractivity contribution < 1.29 is 36.6 Å². The summed E-state index contributed by atoms with van der Waals surface area (Å²) in [6, 6.07) is 6.42. The molecule has 1 atom stereocenters. The zero-order valence-corrected chi connectivity index (χ0v) is 16.4. The highest BCUT2D eigenvalue weighted by molar-refractivity contribution is 5.96. The number of carbonyl (C=O) groups is 1. The molecule has 0 saturated carbocycles. The van der Waals surface area contributed by atoms with Crippen molar-refractivity contribution in [3.8, 4) is 5.75 Å². The number of ether oxygens (including phenoxy) is 1. The normalized spacial score (nSPS) is 12.9. The number of ketones is 1. The van der Waals surface area contributed by atoms with Gasteiger partial charge in [0.2, 0.25) is 0 Å². The van der Waals surface area contributed by atoms with Gasteiger partial charge in [0, 0.05) is 25.6 Å². The fourth-order valence-electron chi connectivity index (χ4n) is 3.31. The zero-order valence-electron chi connectivity index (χ0n) is 16.4. The number of Topliss-reactive ketones (excluding diaryl/α,β-unsaturated/α-hetero) is 1. The van der Waals surface area contributed by atoms with Crippen LogP contribution in [0.25, 0.3) is 5.65 Å². The van der Waals surface area contributed by atoms with Gasteiger partial charge < -0.3 is 9.84 Å². The molecule has 31 heavy (non-hydrogen) atoms. The molecular weight excluding hydrogens is 423 g/mol. The van der Waals surface area contributed by atoms with Crippen LogP contribution in [-0.4, -0.2) is 33.1 Å². The van der Waals surface area contributed by atoms with Crippen LogP contribution in [0.3, 0.4) is 0 Å². The van der Waals surface area contributed by atoms with E-state index in [1.165, 1.54) is 35.7 Å². The zero-order chi connectivity index (χ0) is 22.8. The van der Waals surface area contributed by atoms with Crippen LogP contribution in [0, 0.1) is 24.5 Å². The van der Waals surface area contributed by atoms with E-state index in [2.05, 4.69) is 4.98 Å². The monoisotopic (exact) mass is 442 g/mol. The Kier molecular flexibility index (Phi) is 6.59. The lowest BCUT2D eigenvalue weighted by atomic mass is 9.97. The van der Waals surface area contributed by atoms with Crippen LogP contribution in [-0.2, 0) is 6.61 Å².